The minimum absolute atomic E-state index is 0.110. The molecular formula is C18H21N5O4. The average molecular weight is 371 g/mol. The van der Waals surface area contributed by atoms with Crippen LogP contribution in [0.4, 0.5) is 0 Å². The number of nitrogens with zero attached hydrogens (tertiary/aromatic N) is 4. The van der Waals surface area contributed by atoms with Crippen molar-refractivity contribution >= 4 is 16.8 Å². The molecule has 0 saturated heterocycles. The Labute approximate surface area is 155 Å². The number of aromatic nitrogens is 4. The lowest BCUT2D eigenvalue weighted by Gasteiger charge is -2.13. The highest BCUT2D eigenvalue weighted by molar-refractivity contribution is 5.82. The SMILES string of the molecule is COc1cc2nc(C)n(CC(=O)NCCn3cccn3)c(=O)c2cc1OC. The number of fused-ring (bicyclic) bond motifs is 1. The van der Waals surface area contributed by atoms with E-state index in [1.165, 1.54) is 18.8 Å². The molecule has 27 heavy (non-hydrogen) atoms. The Balaban J connectivity index is 1.81. The fourth-order valence-electron chi connectivity index (χ4n) is 2.79. The molecule has 142 valence electrons. The fourth-order valence-corrected chi connectivity index (χ4v) is 2.79. The van der Waals surface area contributed by atoms with Gasteiger partial charge in [-0.3, -0.25) is 18.8 Å². The quantitative estimate of drug-likeness (QED) is 0.657. The summed E-state index contributed by atoms with van der Waals surface area (Å²) in [6.07, 6.45) is 3.49. The molecular weight excluding hydrogens is 350 g/mol. The van der Waals surface area contributed by atoms with Crippen molar-refractivity contribution in [1.82, 2.24) is 24.6 Å². The predicted octanol–water partition coefficient (Wildman–Crippen LogP) is 0.735. The summed E-state index contributed by atoms with van der Waals surface area (Å²) in [5.74, 6) is 1.10. The molecule has 0 fully saturated rings. The molecule has 9 heteroatoms. The first-order chi connectivity index (χ1) is 13.0. The fraction of sp³-hybridized carbons (Fsp3) is 0.333. The summed E-state index contributed by atoms with van der Waals surface area (Å²) in [4.78, 5) is 29.5. The van der Waals surface area contributed by atoms with Gasteiger partial charge in [-0.05, 0) is 19.1 Å². The number of carbonyl (C=O) groups excluding carboxylic acids is 1. The molecule has 2 aromatic heterocycles. The number of ether oxygens (including phenoxy) is 2. The Hall–Kier alpha value is -3.36. The first-order valence-corrected chi connectivity index (χ1v) is 8.40. The largest absolute Gasteiger partial charge is 0.493 e. The zero-order valence-corrected chi connectivity index (χ0v) is 15.4. The van der Waals surface area contributed by atoms with Gasteiger partial charge in [-0.25, -0.2) is 4.98 Å². The second kappa shape index (κ2) is 7.90. The zero-order valence-electron chi connectivity index (χ0n) is 15.4. The highest BCUT2D eigenvalue weighted by Gasteiger charge is 2.15. The Morgan fingerprint density at radius 2 is 1.96 bits per heavy atom. The third-order valence-corrected chi connectivity index (χ3v) is 4.17. The number of aryl methyl sites for hydroxylation is 1. The molecule has 1 amide bonds. The number of rotatable bonds is 7. The van der Waals surface area contributed by atoms with E-state index in [4.69, 9.17) is 9.47 Å². The van der Waals surface area contributed by atoms with Crippen molar-refractivity contribution in [1.29, 1.82) is 0 Å². The summed E-state index contributed by atoms with van der Waals surface area (Å²) in [7, 11) is 3.02. The van der Waals surface area contributed by atoms with Crippen molar-refractivity contribution in [2.75, 3.05) is 20.8 Å². The van der Waals surface area contributed by atoms with Gasteiger partial charge in [0.15, 0.2) is 11.5 Å². The molecule has 0 aliphatic heterocycles. The van der Waals surface area contributed by atoms with Gasteiger partial charge in [-0.15, -0.1) is 0 Å². The Morgan fingerprint density at radius 1 is 1.22 bits per heavy atom. The lowest BCUT2D eigenvalue weighted by molar-refractivity contribution is -0.121. The van der Waals surface area contributed by atoms with E-state index in [0.717, 1.165) is 0 Å². The highest BCUT2D eigenvalue weighted by Crippen LogP contribution is 2.30. The van der Waals surface area contributed by atoms with Crippen LogP contribution in [0, 0.1) is 6.92 Å². The van der Waals surface area contributed by atoms with Crippen LogP contribution >= 0.6 is 0 Å². The first-order valence-electron chi connectivity index (χ1n) is 8.40. The number of methoxy groups -OCH3 is 2. The topological polar surface area (TPSA) is 100 Å². The van der Waals surface area contributed by atoms with Gasteiger partial charge in [-0.2, -0.15) is 5.10 Å². The van der Waals surface area contributed by atoms with Gasteiger partial charge in [0.25, 0.3) is 5.56 Å². The van der Waals surface area contributed by atoms with E-state index in [-0.39, 0.29) is 18.0 Å². The molecule has 0 atom stereocenters. The number of nitrogens with one attached hydrogen (secondary N) is 1. The van der Waals surface area contributed by atoms with Crippen LogP contribution in [-0.4, -0.2) is 46.0 Å². The lowest BCUT2D eigenvalue weighted by Crippen LogP contribution is -2.35. The zero-order chi connectivity index (χ0) is 19.4. The molecule has 1 aromatic carbocycles. The van der Waals surface area contributed by atoms with Gasteiger partial charge in [0.05, 0.1) is 31.7 Å². The third-order valence-electron chi connectivity index (χ3n) is 4.17. The Morgan fingerprint density at radius 3 is 2.63 bits per heavy atom. The maximum absolute atomic E-state index is 12.8. The minimum atomic E-state index is -0.305. The van der Waals surface area contributed by atoms with Crippen LogP contribution in [0.5, 0.6) is 11.5 Å². The van der Waals surface area contributed by atoms with E-state index < -0.39 is 0 Å². The van der Waals surface area contributed by atoms with Crippen molar-refractivity contribution < 1.29 is 14.3 Å². The van der Waals surface area contributed by atoms with E-state index in [0.29, 0.717) is 41.3 Å². The Kier molecular flexibility index (Phi) is 5.39. The number of hydrogen-bond donors (Lipinski definition) is 1. The molecule has 0 saturated carbocycles. The van der Waals surface area contributed by atoms with Crippen molar-refractivity contribution in [2.24, 2.45) is 0 Å². The smallest absolute Gasteiger partial charge is 0.262 e. The van der Waals surface area contributed by atoms with Gasteiger partial charge >= 0.3 is 0 Å². The van der Waals surface area contributed by atoms with E-state index in [9.17, 15) is 9.59 Å². The Bertz CT molecular complexity index is 1010. The summed E-state index contributed by atoms with van der Waals surface area (Å²) in [6, 6.07) is 5.04. The molecule has 0 unspecified atom stereocenters. The van der Waals surface area contributed by atoms with Crippen LogP contribution in [0.25, 0.3) is 10.9 Å². The summed E-state index contributed by atoms with van der Waals surface area (Å²) in [5, 5.41) is 7.21. The van der Waals surface area contributed by atoms with Crippen LogP contribution in [0.1, 0.15) is 5.82 Å². The van der Waals surface area contributed by atoms with Crippen LogP contribution in [0.3, 0.4) is 0 Å². The van der Waals surface area contributed by atoms with Crippen LogP contribution in [-0.2, 0) is 17.9 Å². The molecule has 0 bridgehead atoms. The standard InChI is InChI=1S/C18H21N5O4/c1-12-21-14-10-16(27-3)15(26-2)9-13(14)18(25)23(12)11-17(24)19-6-8-22-7-4-5-20-22/h4-5,7,9-10H,6,8,11H2,1-3H3,(H,19,24). The monoisotopic (exact) mass is 371 g/mol. The third kappa shape index (κ3) is 3.91. The van der Waals surface area contributed by atoms with Crippen molar-refractivity contribution in [3.05, 3.63) is 46.8 Å². The summed E-state index contributed by atoms with van der Waals surface area (Å²) < 4.78 is 13.6. The normalized spacial score (nSPS) is 10.8. The molecule has 0 radical (unpaired) electrons. The van der Waals surface area contributed by atoms with Crippen molar-refractivity contribution in [3.63, 3.8) is 0 Å². The number of hydrogen-bond acceptors (Lipinski definition) is 6. The second-order valence-electron chi connectivity index (χ2n) is 5.89. The van der Waals surface area contributed by atoms with Gasteiger partial charge in [0, 0.05) is 25.0 Å². The van der Waals surface area contributed by atoms with E-state index in [1.54, 1.807) is 29.9 Å². The first kappa shape index (κ1) is 18.4. The van der Waals surface area contributed by atoms with Crippen LogP contribution in [0.15, 0.2) is 35.4 Å². The van der Waals surface area contributed by atoms with Gasteiger partial charge < -0.3 is 14.8 Å². The number of carbonyl (C=O) groups is 1. The average Bonchev–Trinajstić information content (AvgIpc) is 3.17. The lowest BCUT2D eigenvalue weighted by atomic mass is 10.2. The molecule has 9 nitrogen and oxygen atoms in total. The second-order valence-corrected chi connectivity index (χ2v) is 5.89. The maximum Gasteiger partial charge on any atom is 0.262 e. The summed E-state index contributed by atoms with van der Waals surface area (Å²) in [5.41, 5.74) is 0.186. The van der Waals surface area contributed by atoms with E-state index >= 15 is 0 Å². The maximum atomic E-state index is 12.8. The van der Waals surface area contributed by atoms with Gasteiger partial charge in [0.1, 0.15) is 12.4 Å². The molecule has 3 aromatic rings. The van der Waals surface area contributed by atoms with E-state index in [1.807, 2.05) is 12.3 Å². The molecule has 3 rings (SSSR count). The molecule has 2 heterocycles. The van der Waals surface area contributed by atoms with Gasteiger partial charge in [-0.1, -0.05) is 0 Å². The minimum Gasteiger partial charge on any atom is -0.493 e. The molecule has 0 spiro atoms. The molecule has 0 aliphatic rings. The molecule has 0 aliphatic carbocycles. The highest BCUT2D eigenvalue weighted by atomic mass is 16.5. The number of benzene rings is 1. The van der Waals surface area contributed by atoms with E-state index in [2.05, 4.69) is 15.4 Å². The van der Waals surface area contributed by atoms with Gasteiger partial charge in [0.2, 0.25) is 5.91 Å². The van der Waals surface area contributed by atoms with Crippen LogP contribution < -0.4 is 20.3 Å². The summed E-state index contributed by atoms with van der Waals surface area (Å²) in [6.45, 7) is 2.55. The molecule has 1 N–H and O–H groups in total. The predicted molar refractivity (Wildman–Crippen MR) is 99.1 cm³/mol. The number of amides is 1. The summed E-state index contributed by atoms with van der Waals surface area (Å²) >= 11 is 0. The van der Waals surface area contributed by atoms with Crippen molar-refractivity contribution in [3.8, 4) is 11.5 Å². The van der Waals surface area contributed by atoms with Crippen LogP contribution in [0.2, 0.25) is 0 Å². The van der Waals surface area contributed by atoms with Crippen molar-refractivity contribution in [2.45, 2.75) is 20.0 Å².